The van der Waals surface area contributed by atoms with E-state index in [0.717, 1.165) is 11.8 Å². The molecule has 2 aromatic rings. The summed E-state index contributed by atoms with van der Waals surface area (Å²) >= 11 is 0. The molecule has 0 bridgehead atoms. The van der Waals surface area contributed by atoms with Gasteiger partial charge in [0.2, 0.25) is 15.9 Å². The number of hydrogen-bond acceptors (Lipinski definition) is 3. The maximum absolute atomic E-state index is 13.5. The first-order valence-electron chi connectivity index (χ1n) is 7.82. The van der Waals surface area contributed by atoms with Crippen molar-refractivity contribution in [1.82, 2.24) is 5.32 Å². The normalized spacial score (nSPS) is 11.2. The molecule has 2 aromatic carbocycles. The highest BCUT2D eigenvalue weighted by molar-refractivity contribution is 7.92. The summed E-state index contributed by atoms with van der Waals surface area (Å²) in [6.45, 7) is 2.15. The van der Waals surface area contributed by atoms with Crippen molar-refractivity contribution in [3.63, 3.8) is 0 Å². The SMILES string of the molecule is Cc1ccc(N(CCNC(=O)Cc2ccccc2F)S(C)(=O)=O)cc1. The van der Waals surface area contributed by atoms with E-state index in [1.807, 2.05) is 19.1 Å². The number of carbonyl (C=O) groups is 1. The van der Waals surface area contributed by atoms with Gasteiger partial charge in [0.1, 0.15) is 5.82 Å². The average Bonchev–Trinajstić information content (AvgIpc) is 2.54. The second kappa shape index (κ2) is 8.11. The van der Waals surface area contributed by atoms with Gasteiger partial charge in [-0.2, -0.15) is 0 Å². The van der Waals surface area contributed by atoms with Gasteiger partial charge in [-0.05, 0) is 30.7 Å². The lowest BCUT2D eigenvalue weighted by Gasteiger charge is -2.22. The lowest BCUT2D eigenvalue weighted by Crippen LogP contribution is -2.38. The number of benzene rings is 2. The van der Waals surface area contributed by atoms with E-state index in [9.17, 15) is 17.6 Å². The molecule has 25 heavy (non-hydrogen) atoms. The summed E-state index contributed by atoms with van der Waals surface area (Å²) in [7, 11) is -3.47. The summed E-state index contributed by atoms with van der Waals surface area (Å²) in [4.78, 5) is 11.9. The minimum Gasteiger partial charge on any atom is -0.354 e. The van der Waals surface area contributed by atoms with Gasteiger partial charge in [0, 0.05) is 6.54 Å². The predicted molar refractivity (Wildman–Crippen MR) is 96.5 cm³/mol. The van der Waals surface area contributed by atoms with Crippen molar-refractivity contribution in [2.75, 3.05) is 23.7 Å². The van der Waals surface area contributed by atoms with Crippen LogP contribution in [-0.2, 0) is 21.2 Å². The molecule has 0 saturated heterocycles. The van der Waals surface area contributed by atoms with Crippen molar-refractivity contribution in [1.29, 1.82) is 0 Å². The number of anilines is 1. The molecule has 1 amide bonds. The lowest BCUT2D eigenvalue weighted by molar-refractivity contribution is -0.120. The highest BCUT2D eigenvalue weighted by Gasteiger charge is 2.17. The fourth-order valence-electron chi connectivity index (χ4n) is 2.37. The lowest BCUT2D eigenvalue weighted by atomic mass is 10.1. The second-order valence-corrected chi connectivity index (χ2v) is 7.70. The molecule has 0 aliphatic heterocycles. The van der Waals surface area contributed by atoms with Crippen LogP contribution in [0.25, 0.3) is 0 Å². The van der Waals surface area contributed by atoms with Crippen molar-refractivity contribution < 1.29 is 17.6 Å². The zero-order valence-corrected chi connectivity index (χ0v) is 15.0. The molecule has 0 aromatic heterocycles. The van der Waals surface area contributed by atoms with Crippen molar-refractivity contribution in [3.8, 4) is 0 Å². The zero-order chi connectivity index (χ0) is 18.4. The van der Waals surface area contributed by atoms with E-state index < -0.39 is 15.8 Å². The molecular weight excluding hydrogens is 343 g/mol. The molecule has 0 heterocycles. The number of aryl methyl sites for hydroxylation is 1. The van der Waals surface area contributed by atoms with Gasteiger partial charge in [-0.25, -0.2) is 12.8 Å². The van der Waals surface area contributed by atoms with Crippen LogP contribution in [0.3, 0.4) is 0 Å². The molecule has 0 aliphatic rings. The van der Waals surface area contributed by atoms with Gasteiger partial charge in [0.25, 0.3) is 0 Å². The van der Waals surface area contributed by atoms with Crippen LogP contribution in [0.15, 0.2) is 48.5 Å². The minimum absolute atomic E-state index is 0.0872. The van der Waals surface area contributed by atoms with Crippen LogP contribution in [-0.4, -0.2) is 33.7 Å². The Kier molecular flexibility index (Phi) is 6.14. The van der Waals surface area contributed by atoms with Crippen LogP contribution in [0.5, 0.6) is 0 Å². The number of rotatable bonds is 7. The van der Waals surface area contributed by atoms with Gasteiger partial charge in [-0.15, -0.1) is 0 Å². The molecule has 7 heteroatoms. The van der Waals surface area contributed by atoms with E-state index in [4.69, 9.17) is 0 Å². The van der Waals surface area contributed by atoms with Crippen LogP contribution < -0.4 is 9.62 Å². The molecule has 0 fully saturated rings. The molecule has 0 saturated carbocycles. The molecule has 134 valence electrons. The third-order valence-electron chi connectivity index (χ3n) is 3.67. The van der Waals surface area contributed by atoms with Crippen molar-refractivity contribution in [3.05, 3.63) is 65.5 Å². The predicted octanol–water partition coefficient (Wildman–Crippen LogP) is 2.26. The number of hydrogen-bond donors (Lipinski definition) is 1. The van der Waals surface area contributed by atoms with E-state index in [-0.39, 0.29) is 25.4 Å². The highest BCUT2D eigenvalue weighted by atomic mass is 32.2. The van der Waals surface area contributed by atoms with Crippen LogP contribution in [0, 0.1) is 12.7 Å². The third-order valence-corrected chi connectivity index (χ3v) is 4.86. The van der Waals surface area contributed by atoms with Crippen LogP contribution >= 0.6 is 0 Å². The summed E-state index contributed by atoms with van der Waals surface area (Å²) in [6.07, 6.45) is 1.03. The topological polar surface area (TPSA) is 66.5 Å². The zero-order valence-electron chi connectivity index (χ0n) is 14.2. The summed E-state index contributed by atoms with van der Waals surface area (Å²) in [5.74, 6) is -0.794. The van der Waals surface area contributed by atoms with Gasteiger partial charge in [0.15, 0.2) is 0 Å². The van der Waals surface area contributed by atoms with Crippen LogP contribution in [0.4, 0.5) is 10.1 Å². The number of amides is 1. The number of carbonyl (C=O) groups excluding carboxylic acids is 1. The fraction of sp³-hybridized carbons (Fsp3) is 0.278. The van der Waals surface area contributed by atoms with Crippen molar-refractivity contribution >= 4 is 21.6 Å². The van der Waals surface area contributed by atoms with Gasteiger partial charge in [-0.1, -0.05) is 35.9 Å². The smallest absolute Gasteiger partial charge is 0.232 e. The second-order valence-electron chi connectivity index (χ2n) is 5.79. The monoisotopic (exact) mass is 364 g/mol. The summed E-state index contributed by atoms with van der Waals surface area (Å²) in [5, 5.41) is 2.63. The van der Waals surface area contributed by atoms with Crippen LogP contribution in [0.1, 0.15) is 11.1 Å². The Morgan fingerprint density at radius 1 is 1.12 bits per heavy atom. The number of sulfonamides is 1. The fourth-order valence-corrected chi connectivity index (χ4v) is 3.30. The van der Waals surface area contributed by atoms with Gasteiger partial charge >= 0.3 is 0 Å². The number of nitrogens with zero attached hydrogens (tertiary/aromatic N) is 1. The molecule has 5 nitrogen and oxygen atoms in total. The summed E-state index contributed by atoms with van der Waals surface area (Å²) in [6, 6.07) is 13.1. The van der Waals surface area contributed by atoms with E-state index in [2.05, 4.69) is 5.32 Å². The molecule has 0 spiro atoms. The Bertz CT molecular complexity index is 836. The number of nitrogens with one attached hydrogen (secondary N) is 1. The van der Waals surface area contributed by atoms with Crippen molar-refractivity contribution in [2.45, 2.75) is 13.3 Å². The molecule has 1 N–H and O–H groups in total. The maximum atomic E-state index is 13.5. The first kappa shape index (κ1) is 18.9. The maximum Gasteiger partial charge on any atom is 0.232 e. The van der Waals surface area contributed by atoms with E-state index >= 15 is 0 Å². The average molecular weight is 364 g/mol. The molecule has 0 unspecified atom stereocenters. The van der Waals surface area contributed by atoms with E-state index in [0.29, 0.717) is 11.3 Å². The molecular formula is C18H21FN2O3S. The van der Waals surface area contributed by atoms with E-state index in [1.165, 1.54) is 10.4 Å². The Morgan fingerprint density at radius 2 is 1.76 bits per heavy atom. The van der Waals surface area contributed by atoms with Gasteiger partial charge in [-0.3, -0.25) is 9.10 Å². The Hall–Kier alpha value is -2.41. The molecule has 2 rings (SSSR count). The molecule has 0 aliphatic carbocycles. The first-order valence-corrected chi connectivity index (χ1v) is 9.66. The Morgan fingerprint density at radius 3 is 2.36 bits per heavy atom. The first-order chi connectivity index (χ1) is 11.8. The largest absolute Gasteiger partial charge is 0.354 e. The Labute approximate surface area is 147 Å². The molecule has 0 atom stereocenters. The molecule has 0 radical (unpaired) electrons. The van der Waals surface area contributed by atoms with E-state index in [1.54, 1.807) is 30.3 Å². The highest BCUT2D eigenvalue weighted by Crippen LogP contribution is 2.17. The summed E-state index contributed by atoms with van der Waals surface area (Å²) < 4.78 is 38.8. The minimum atomic E-state index is -3.47. The number of halogens is 1. The summed E-state index contributed by atoms with van der Waals surface area (Å²) in [5.41, 5.74) is 1.87. The van der Waals surface area contributed by atoms with Crippen molar-refractivity contribution in [2.24, 2.45) is 0 Å². The standard InChI is InChI=1S/C18H21FN2O3S/c1-14-7-9-16(10-8-14)21(25(2,23)24)12-11-20-18(22)13-15-5-3-4-6-17(15)19/h3-10H,11-13H2,1-2H3,(H,20,22). The quantitative estimate of drug-likeness (QED) is 0.819. The van der Waals surface area contributed by atoms with Crippen LogP contribution in [0.2, 0.25) is 0 Å². The van der Waals surface area contributed by atoms with Gasteiger partial charge in [0.05, 0.1) is 24.9 Å². The third kappa shape index (κ3) is 5.56. The van der Waals surface area contributed by atoms with Gasteiger partial charge < -0.3 is 5.32 Å². The Balaban J connectivity index is 1.96.